The number of rotatable bonds is 6. The molecule has 1 saturated carbocycles. The quantitative estimate of drug-likeness (QED) is 0.590. The maximum absolute atomic E-state index is 13.0. The molecule has 3 N–H and O–H groups in total. The summed E-state index contributed by atoms with van der Waals surface area (Å²) < 4.78 is 0. The third-order valence-electron chi connectivity index (χ3n) is 6.42. The Morgan fingerprint density at radius 3 is 2.42 bits per heavy atom. The van der Waals surface area contributed by atoms with E-state index in [1.165, 1.54) is 0 Å². The van der Waals surface area contributed by atoms with E-state index >= 15 is 0 Å². The molecule has 0 unspecified atom stereocenters. The van der Waals surface area contributed by atoms with Crippen LogP contribution in [0.1, 0.15) is 48.5 Å². The molecule has 1 heterocycles. The predicted molar refractivity (Wildman–Crippen MR) is 123 cm³/mol. The molecular formula is C25H28N4O4. The molecule has 2 aromatic rings. The van der Waals surface area contributed by atoms with Crippen molar-refractivity contribution in [2.45, 2.75) is 44.7 Å². The Bertz CT molecular complexity index is 1060. The van der Waals surface area contributed by atoms with Gasteiger partial charge in [-0.2, -0.15) is 0 Å². The number of nitrogens with zero attached hydrogens (tertiary/aromatic N) is 1. The zero-order valence-electron chi connectivity index (χ0n) is 18.6. The van der Waals surface area contributed by atoms with E-state index in [9.17, 15) is 19.2 Å². The molecule has 8 nitrogen and oxygen atoms in total. The largest absolute Gasteiger partial charge is 0.348 e. The maximum Gasteiger partial charge on any atom is 0.325 e. The number of benzene rings is 2. The average Bonchev–Trinajstić information content (AvgIpc) is 3.04. The van der Waals surface area contributed by atoms with Crippen molar-refractivity contribution in [3.63, 3.8) is 0 Å². The first-order chi connectivity index (χ1) is 15.9. The van der Waals surface area contributed by atoms with Crippen molar-refractivity contribution in [2.24, 2.45) is 5.92 Å². The van der Waals surface area contributed by atoms with Gasteiger partial charge in [-0.15, -0.1) is 0 Å². The van der Waals surface area contributed by atoms with Crippen LogP contribution in [0.4, 0.5) is 10.5 Å². The predicted octanol–water partition coefficient (Wildman–Crippen LogP) is 3.06. The number of nitrogens with one attached hydrogen (secondary N) is 3. The van der Waals surface area contributed by atoms with E-state index in [1.807, 2.05) is 30.3 Å². The summed E-state index contributed by atoms with van der Waals surface area (Å²) in [5.74, 6) is -0.700. The zero-order valence-corrected chi connectivity index (χ0v) is 18.6. The van der Waals surface area contributed by atoms with Crippen LogP contribution in [-0.4, -0.2) is 40.7 Å². The molecule has 0 bridgehead atoms. The van der Waals surface area contributed by atoms with Crippen LogP contribution >= 0.6 is 0 Å². The van der Waals surface area contributed by atoms with Crippen molar-refractivity contribution >= 4 is 29.4 Å². The lowest BCUT2D eigenvalue weighted by Gasteiger charge is -2.33. The molecule has 1 aliphatic carbocycles. The van der Waals surface area contributed by atoms with Crippen LogP contribution in [-0.2, 0) is 16.1 Å². The molecule has 5 amide bonds. The van der Waals surface area contributed by atoms with E-state index in [4.69, 9.17) is 0 Å². The fourth-order valence-electron chi connectivity index (χ4n) is 4.41. The summed E-state index contributed by atoms with van der Waals surface area (Å²) in [7, 11) is 0. The number of carbonyl (C=O) groups is 4. The number of para-hydroxylation sites is 1. The number of anilines is 1. The van der Waals surface area contributed by atoms with Gasteiger partial charge in [0.1, 0.15) is 12.1 Å². The molecule has 1 aliphatic heterocycles. The molecule has 0 aromatic heterocycles. The lowest BCUT2D eigenvalue weighted by Crippen LogP contribution is -2.49. The summed E-state index contributed by atoms with van der Waals surface area (Å²) in [5.41, 5.74) is 0.689. The Morgan fingerprint density at radius 1 is 1.03 bits per heavy atom. The second-order valence-electron chi connectivity index (χ2n) is 8.85. The van der Waals surface area contributed by atoms with Gasteiger partial charge in [0.25, 0.3) is 11.8 Å². The average molecular weight is 449 g/mol. The summed E-state index contributed by atoms with van der Waals surface area (Å²) in [4.78, 5) is 51.9. The summed E-state index contributed by atoms with van der Waals surface area (Å²) in [6.45, 7) is 2.08. The van der Waals surface area contributed by atoms with Crippen molar-refractivity contribution in [1.82, 2.24) is 15.5 Å². The standard InChI is InChI=1S/C25H28N4O4/c1-17-11-13-25(14-12-17)23(32)29(24(33)28-25)16-21(30)27-20-10-6-5-9-19(20)22(31)26-15-18-7-3-2-4-8-18/h2-10,17H,11-16H2,1H3,(H,26,31)(H,27,30)(H,28,33). The summed E-state index contributed by atoms with van der Waals surface area (Å²) in [5, 5.41) is 8.34. The van der Waals surface area contributed by atoms with E-state index in [0.29, 0.717) is 36.6 Å². The third kappa shape index (κ3) is 4.89. The van der Waals surface area contributed by atoms with Crippen molar-refractivity contribution in [1.29, 1.82) is 0 Å². The Balaban J connectivity index is 1.39. The van der Waals surface area contributed by atoms with Crippen molar-refractivity contribution < 1.29 is 19.2 Å². The van der Waals surface area contributed by atoms with Crippen LogP contribution in [0.2, 0.25) is 0 Å². The summed E-state index contributed by atoms with van der Waals surface area (Å²) in [6.07, 6.45) is 2.89. The van der Waals surface area contributed by atoms with Crippen LogP contribution in [0.25, 0.3) is 0 Å². The fourth-order valence-corrected chi connectivity index (χ4v) is 4.41. The van der Waals surface area contributed by atoms with Gasteiger partial charge in [-0.1, -0.05) is 49.4 Å². The number of hydrogen-bond acceptors (Lipinski definition) is 4. The van der Waals surface area contributed by atoms with Crippen molar-refractivity contribution in [3.05, 3.63) is 65.7 Å². The Kier molecular flexibility index (Phi) is 6.44. The lowest BCUT2D eigenvalue weighted by molar-refractivity contribution is -0.135. The fraction of sp³-hybridized carbons (Fsp3) is 0.360. The van der Waals surface area contributed by atoms with Crippen LogP contribution in [0.3, 0.4) is 0 Å². The highest BCUT2D eigenvalue weighted by Gasteiger charge is 2.52. The Morgan fingerprint density at radius 2 is 1.70 bits per heavy atom. The van der Waals surface area contributed by atoms with E-state index < -0.39 is 24.0 Å². The number of imide groups is 1. The minimum absolute atomic E-state index is 0.303. The molecule has 2 fully saturated rings. The van der Waals surface area contributed by atoms with Gasteiger partial charge in [0.15, 0.2) is 0 Å². The van der Waals surface area contributed by atoms with Crippen molar-refractivity contribution in [3.8, 4) is 0 Å². The molecule has 4 rings (SSSR count). The monoisotopic (exact) mass is 448 g/mol. The zero-order chi connectivity index (χ0) is 23.4. The molecule has 2 aliphatic rings. The lowest BCUT2D eigenvalue weighted by atomic mass is 9.77. The molecule has 172 valence electrons. The van der Waals surface area contributed by atoms with Crippen LogP contribution in [0.5, 0.6) is 0 Å². The molecule has 33 heavy (non-hydrogen) atoms. The normalized spacial score (nSPS) is 22.2. The molecule has 0 radical (unpaired) electrons. The van der Waals surface area contributed by atoms with Gasteiger partial charge in [-0.25, -0.2) is 4.79 Å². The van der Waals surface area contributed by atoms with E-state index in [1.54, 1.807) is 24.3 Å². The first-order valence-electron chi connectivity index (χ1n) is 11.2. The maximum atomic E-state index is 13.0. The first-order valence-corrected chi connectivity index (χ1v) is 11.2. The van der Waals surface area contributed by atoms with Gasteiger partial charge in [0.05, 0.1) is 11.3 Å². The topological polar surface area (TPSA) is 108 Å². The highest BCUT2D eigenvalue weighted by molar-refractivity contribution is 6.11. The second kappa shape index (κ2) is 9.44. The van der Waals surface area contributed by atoms with Crippen LogP contribution < -0.4 is 16.0 Å². The minimum atomic E-state index is -0.890. The van der Waals surface area contributed by atoms with Crippen LogP contribution in [0.15, 0.2) is 54.6 Å². The molecule has 2 aromatic carbocycles. The van der Waals surface area contributed by atoms with Gasteiger partial charge < -0.3 is 16.0 Å². The molecule has 0 atom stereocenters. The Hall–Kier alpha value is -3.68. The van der Waals surface area contributed by atoms with Gasteiger partial charge in [0.2, 0.25) is 5.91 Å². The molecule has 8 heteroatoms. The number of urea groups is 1. The molecule has 1 saturated heterocycles. The van der Waals surface area contributed by atoms with Gasteiger partial charge in [-0.3, -0.25) is 19.3 Å². The van der Waals surface area contributed by atoms with Crippen molar-refractivity contribution in [2.75, 3.05) is 11.9 Å². The third-order valence-corrected chi connectivity index (χ3v) is 6.42. The smallest absolute Gasteiger partial charge is 0.325 e. The minimum Gasteiger partial charge on any atom is -0.348 e. The summed E-state index contributed by atoms with van der Waals surface area (Å²) in [6, 6.07) is 15.6. The highest BCUT2D eigenvalue weighted by Crippen LogP contribution is 2.36. The number of hydrogen-bond donors (Lipinski definition) is 3. The molecule has 1 spiro atoms. The highest BCUT2D eigenvalue weighted by atomic mass is 16.2. The van der Waals surface area contributed by atoms with E-state index in [2.05, 4.69) is 22.9 Å². The SMILES string of the molecule is CC1CCC2(CC1)NC(=O)N(CC(=O)Nc1ccccc1C(=O)NCc1ccccc1)C2=O. The van der Waals surface area contributed by atoms with E-state index in [-0.39, 0.29) is 11.8 Å². The van der Waals surface area contributed by atoms with Gasteiger partial charge in [0, 0.05) is 6.54 Å². The molecular weight excluding hydrogens is 420 g/mol. The van der Waals surface area contributed by atoms with Gasteiger partial charge >= 0.3 is 6.03 Å². The second-order valence-corrected chi connectivity index (χ2v) is 8.85. The number of amides is 5. The first kappa shape index (κ1) is 22.5. The van der Waals surface area contributed by atoms with Crippen LogP contribution in [0, 0.1) is 5.92 Å². The summed E-state index contributed by atoms with van der Waals surface area (Å²) >= 11 is 0. The number of carbonyl (C=O) groups excluding carboxylic acids is 4. The Labute approximate surface area is 192 Å². The van der Waals surface area contributed by atoms with Gasteiger partial charge in [-0.05, 0) is 49.3 Å². The van der Waals surface area contributed by atoms with E-state index in [0.717, 1.165) is 23.3 Å².